The highest BCUT2D eigenvalue weighted by molar-refractivity contribution is 5.38. The summed E-state index contributed by atoms with van der Waals surface area (Å²) in [4.78, 5) is 2.14. The van der Waals surface area contributed by atoms with Gasteiger partial charge in [-0.05, 0) is 37.8 Å². The summed E-state index contributed by atoms with van der Waals surface area (Å²) >= 11 is 0. The summed E-state index contributed by atoms with van der Waals surface area (Å²) in [7, 11) is 0. The lowest BCUT2D eigenvalue weighted by molar-refractivity contribution is 0.154. The van der Waals surface area contributed by atoms with Gasteiger partial charge in [-0.15, -0.1) is 5.10 Å². The van der Waals surface area contributed by atoms with Gasteiger partial charge in [0.05, 0.1) is 11.8 Å². The Morgan fingerprint density at radius 2 is 1.89 bits per heavy atom. The van der Waals surface area contributed by atoms with Crippen molar-refractivity contribution in [2.24, 2.45) is 0 Å². The Morgan fingerprint density at radius 1 is 1.06 bits per heavy atom. The number of aliphatic hydroxyl groups excluding tert-OH is 1. The quantitative estimate of drug-likeness (QED) is 0.869. The molecule has 1 saturated carbocycles. The van der Waals surface area contributed by atoms with Crippen LogP contribution in [-0.2, 0) is 0 Å². The van der Waals surface area contributed by atoms with E-state index in [1.165, 1.54) is 25.7 Å². The molecule has 0 amide bonds. The molecule has 18 heavy (non-hydrogen) atoms. The van der Waals surface area contributed by atoms with Crippen LogP contribution in [0.5, 0.6) is 0 Å². The van der Waals surface area contributed by atoms with Crippen LogP contribution in [0, 0.1) is 0 Å². The molecule has 98 valence electrons. The van der Waals surface area contributed by atoms with Crippen molar-refractivity contribution >= 4 is 5.82 Å². The van der Waals surface area contributed by atoms with E-state index < -0.39 is 0 Å². The maximum absolute atomic E-state index is 9.68. The van der Waals surface area contributed by atoms with Gasteiger partial charge in [0.15, 0.2) is 5.82 Å². The number of β-amino-alcohol motifs (C(OH)–C–C–N with tert-alkyl or cyclic N) is 1. The van der Waals surface area contributed by atoms with Crippen molar-refractivity contribution in [2.45, 2.75) is 50.5 Å². The fourth-order valence-electron chi connectivity index (χ4n) is 3.11. The molecule has 1 aliphatic carbocycles. The highest BCUT2D eigenvalue weighted by atomic mass is 16.3. The minimum atomic E-state index is -0.213. The largest absolute Gasteiger partial charge is 0.391 e. The van der Waals surface area contributed by atoms with Crippen molar-refractivity contribution in [1.82, 2.24) is 10.2 Å². The van der Waals surface area contributed by atoms with Crippen LogP contribution in [-0.4, -0.2) is 34.5 Å². The maximum Gasteiger partial charge on any atom is 0.151 e. The summed E-state index contributed by atoms with van der Waals surface area (Å²) in [5.74, 6) is 1.54. The topological polar surface area (TPSA) is 49.2 Å². The second-order valence-electron chi connectivity index (χ2n) is 5.54. The number of hydrogen-bond acceptors (Lipinski definition) is 4. The second kappa shape index (κ2) is 5.22. The summed E-state index contributed by atoms with van der Waals surface area (Å²) in [6.45, 7) is 1.67. The lowest BCUT2D eigenvalue weighted by Crippen LogP contribution is -2.38. The van der Waals surface area contributed by atoms with Gasteiger partial charge >= 0.3 is 0 Å². The number of aromatic nitrogens is 2. The van der Waals surface area contributed by atoms with E-state index in [1.807, 2.05) is 0 Å². The van der Waals surface area contributed by atoms with Crippen LogP contribution in [0.2, 0.25) is 0 Å². The van der Waals surface area contributed by atoms with Crippen molar-refractivity contribution in [3.63, 3.8) is 0 Å². The van der Waals surface area contributed by atoms with Crippen molar-refractivity contribution < 1.29 is 5.11 Å². The zero-order valence-corrected chi connectivity index (χ0v) is 10.8. The van der Waals surface area contributed by atoms with Crippen LogP contribution in [0.3, 0.4) is 0 Å². The van der Waals surface area contributed by atoms with Gasteiger partial charge in [-0.1, -0.05) is 12.8 Å². The van der Waals surface area contributed by atoms with Crippen molar-refractivity contribution in [3.8, 4) is 0 Å². The molecule has 1 aliphatic heterocycles. The van der Waals surface area contributed by atoms with E-state index in [1.54, 1.807) is 0 Å². The van der Waals surface area contributed by atoms with Gasteiger partial charge in [-0.25, -0.2) is 0 Å². The predicted octanol–water partition coefficient (Wildman–Crippen LogP) is 2.10. The summed E-state index contributed by atoms with van der Waals surface area (Å²) in [6.07, 6.45) is 6.90. The highest BCUT2D eigenvalue weighted by Gasteiger charge is 2.21. The molecule has 4 heteroatoms. The smallest absolute Gasteiger partial charge is 0.151 e. The average Bonchev–Trinajstić information content (AvgIpc) is 2.93. The number of hydrogen-bond donors (Lipinski definition) is 1. The van der Waals surface area contributed by atoms with Gasteiger partial charge in [0.2, 0.25) is 0 Å². The molecule has 3 rings (SSSR count). The van der Waals surface area contributed by atoms with E-state index in [9.17, 15) is 5.11 Å². The molecule has 2 aliphatic rings. The number of anilines is 1. The Hall–Kier alpha value is -1.16. The first-order valence-electron chi connectivity index (χ1n) is 7.09. The summed E-state index contributed by atoms with van der Waals surface area (Å²) in [6, 6.07) is 4.19. The first-order chi connectivity index (χ1) is 8.83. The Balaban J connectivity index is 1.70. The average molecular weight is 247 g/mol. The Morgan fingerprint density at radius 3 is 2.56 bits per heavy atom. The lowest BCUT2D eigenvalue weighted by atomic mass is 10.0. The fourth-order valence-corrected chi connectivity index (χ4v) is 3.11. The minimum Gasteiger partial charge on any atom is -0.391 e. The van der Waals surface area contributed by atoms with E-state index in [-0.39, 0.29) is 6.10 Å². The third-order valence-electron chi connectivity index (χ3n) is 4.17. The van der Waals surface area contributed by atoms with Crippen LogP contribution >= 0.6 is 0 Å². The van der Waals surface area contributed by atoms with Crippen molar-refractivity contribution in [1.29, 1.82) is 0 Å². The van der Waals surface area contributed by atoms with Crippen LogP contribution in [0.4, 0.5) is 5.82 Å². The molecule has 1 aromatic rings. The molecule has 1 aromatic heterocycles. The zero-order chi connectivity index (χ0) is 12.4. The molecule has 2 heterocycles. The SMILES string of the molecule is OC1CCCN(c2ccc(C3CCCC3)nn2)C1. The first-order valence-corrected chi connectivity index (χ1v) is 7.09. The molecule has 1 unspecified atom stereocenters. The van der Waals surface area contributed by atoms with Gasteiger partial charge in [0.25, 0.3) is 0 Å². The zero-order valence-electron chi connectivity index (χ0n) is 10.8. The molecule has 0 aromatic carbocycles. The lowest BCUT2D eigenvalue weighted by Gasteiger charge is -2.30. The van der Waals surface area contributed by atoms with Gasteiger partial charge in [-0.2, -0.15) is 5.10 Å². The number of aliphatic hydroxyl groups is 1. The van der Waals surface area contributed by atoms with E-state index in [4.69, 9.17) is 0 Å². The van der Waals surface area contributed by atoms with Crippen molar-refractivity contribution in [2.75, 3.05) is 18.0 Å². The standard InChI is InChI=1S/C14H21N3O/c18-12-6-3-9-17(10-12)14-8-7-13(15-16-14)11-4-1-2-5-11/h7-8,11-12,18H,1-6,9-10H2. The third kappa shape index (κ3) is 2.48. The van der Waals surface area contributed by atoms with Crippen LogP contribution in [0.1, 0.15) is 50.1 Å². The fraction of sp³-hybridized carbons (Fsp3) is 0.714. The molecular formula is C14H21N3O. The normalized spacial score (nSPS) is 25.6. The predicted molar refractivity (Wildman–Crippen MR) is 70.7 cm³/mol. The maximum atomic E-state index is 9.68. The van der Waals surface area contributed by atoms with E-state index in [0.29, 0.717) is 12.5 Å². The molecule has 1 atom stereocenters. The van der Waals surface area contributed by atoms with Crippen molar-refractivity contribution in [3.05, 3.63) is 17.8 Å². The molecule has 1 saturated heterocycles. The molecule has 1 N–H and O–H groups in total. The molecule has 0 bridgehead atoms. The molecule has 0 radical (unpaired) electrons. The van der Waals surface area contributed by atoms with Gasteiger partial charge in [0.1, 0.15) is 0 Å². The number of rotatable bonds is 2. The molecule has 0 spiro atoms. The third-order valence-corrected chi connectivity index (χ3v) is 4.17. The molecule has 4 nitrogen and oxygen atoms in total. The summed E-state index contributed by atoms with van der Waals surface area (Å²) < 4.78 is 0. The number of piperidine rings is 1. The molecular weight excluding hydrogens is 226 g/mol. The van der Waals surface area contributed by atoms with Crippen LogP contribution in [0.25, 0.3) is 0 Å². The molecule has 2 fully saturated rings. The minimum absolute atomic E-state index is 0.213. The summed E-state index contributed by atoms with van der Waals surface area (Å²) in [5.41, 5.74) is 1.15. The van der Waals surface area contributed by atoms with E-state index in [0.717, 1.165) is 30.9 Å². The Kier molecular flexibility index (Phi) is 3.46. The number of nitrogens with zero attached hydrogens (tertiary/aromatic N) is 3. The monoisotopic (exact) mass is 247 g/mol. The Labute approximate surface area is 108 Å². The van der Waals surface area contributed by atoms with E-state index >= 15 is 0 Å². The van der Waals surface area contributed by atoms with Gasteiger partial charge in [-0.3, -0.25) is 0 Å². The van der Waals surface area contributed by atoms with Crippen LogP contribution in [0.15, 0.2) is 12.1 Å². The van der Waals surface area contributed by atoms with Gasteiger partial charge in [0, 0.05) is 19.0 Å². The first kappa shape index (κ1) is 11.9. The highest BCUT2D eigenvalue weighted by Crippen LogP contribution is 2.33. The van der Waals surface area contributed by atoms with Gasteiger partial charge < -0.3 is 10.0 Å². The summed E-state index contributed by atoms with van der Waals surface area (Å²) in [5, 5.41) is 18.4. The Bertz CT molecular complexity index is 387. The second-order valence-corrected chi connectivity index (χ2v) is 5.54. The van der Waals surface area contributed by atoms with E-state index in [2.05, 4.69) is 27.2 Å². The van der Waals surface area contributed by atoms with Crippen LogP contribution < -0.4 is 4.90 Å².